The summed E-state index contributed by atoms with van der Waals surface area (Å²) in [5.41, 5.74) is 0. The van der Waals surface area contributed by atoms with Gasteiger partial charge in [0.05, 0.1) is 11.9 Å². The van der Waals surface area contributed by atoms with E-state index in [0.29, 0.717) is 0 Å². The van der Waals surface area contributed by atoms with Crippen molar-refractivity contribution < 1.29 is 37.7 Å². The second-order valence-electron chi connectivity index (χ2n) is 0.989. The van der Waals surface area contributed by atoms with E-state index in [2.05, 4.69) is 0 Å². The number of aliphatic carboxylic acids is 2. The van der Waals surface area contributed by atoms with Gasteiger partial charge in [-0.15, -0.1) is 0 Å². The van der Waals surface area contributed by atoms with Crippen LogP contribution in [0.15, 0.2) is 0 Å². The van der Waals surface area contributed by atoms with Gasteiger partial charge in [-0.1, -0.05) is 0 Å². The summed E-state index contributed by atoms with van der Waals surface area (Å²) in [7, 11) is -5.89. The van der Waals surface area contributed by atoms with Crippen LogP contribution < -0.4 is 15.1 Å². The maximum Gasteiger partial charge on any atom is 3.00 e. The van der Waals surface area contributed by atoms with E-state index >= 15 is 0 Å². The van der Waals surface area contributed by atoms with Gasteiger partial charge in [-0.05, 0) is 0 Å². The smallest absolute Gasteiger partial charge is 0.749 e. The van der Waals surface area contributed by atoms with E-state index in [9.17, 15) is 8.39 Å². The Balaban J connectivity index is -0.000000126. The molecule has 0 spiro atoms. The van der Waals surface area contributed by atoms with Gasteiger partial charge in [0.25, 0.3) is 0 Å². The Bertz CT molecular complexity index is 179. The number of carboxylic acids is 2. The van der Waals surface area contributed by atoms with E-state index in [-0.39, 0.29) is 8.41 Å². The Labute approximate surface area is 67.1 Å². The van der Waals surface area contributed by atoms with Crippen LogP contribution in [0.25, 0.3) is 0 Å². The summed E-state index contributed by atoms with van der Waals surface area (Å²) in [6.45, 7) is 0. The van der Waals surface area contributed by atoms with E-state index in [0.717, 1.165) is 0 Å². The molecule has 0 aliphatic rings. The summed E-state index contributed by atoms with van der Waals surface area (Å²) in [5, 5.41) is 17.9. The Morgan fingerprint density at radius 3 is 1.17 bits per heavy atom. The van der Waals surface area contributed by atoms with E-state index in [1.54, 1.807) is 0 Å². The van der Waals surface area contributed by atoms with Crippen molar-refractivity contribution in [3.63, 3.8) is 0 Å². The first kappa shape index (κ1) is 17.2. The Morgan fingerprint density at radius 2 is 1.17 bits per heavy atom. The second kappa shape index (κ2) is 6.75. The quantitative estimate of drug-likeness (QED) is 0.227. The Hall–Kier alpha value is -0.945. The topological polar surface area (TPSA) is 120 Å². The number of rotatable bonds is 0. The van der Waals surface area contributed by atoms with Crippen LogP contribution in [0.1, 0.15) is 0 Å². The predicted octanol–water partition coefficient (Wildman–Crippen LogP) is -3.50. The van der Waals surface area contributed by atoms with Crippen molar-refractivity contribution in [1.29, 1.82) is 0 Å². The SMILES string of the molecule is O=C([O-])C(=O)[O-].O=P([O-])(F)F.[B+3]. The number of carbonyl (C=O) groups is 2. The number of hydrogen-bond acceptors (Lipinski definition) is 6. The van der Waals surface area contributed by atoms with Crippen LogP contribution in [-0.4, -0.2) is 20.4 Å². The van der Waals surface area contributed by atoms with Gasteiger partial charge in [0.1, 0.15) is 0 Å². The summed E-state index contributed by atoms with van der Waals surface area (Å²) in [4.78, 5) is 26.2. The van der Waals surface area contributed by atoms with Crippen LogP contribution in [0.5, 0.6) is 0 Å². The van der Waals surface area contributed by atoms with Crippen molar-refractivity contribution in [1.82, 2.24) is 0 Å². The van der Waals surface area contributed by atoms with E-state index < -0.39 is 19.9 Å². The monoisotopic (exact) mass is 200 g/mol. The average Bonchev–Trinajstić information content (AvgIpc) is 1.59. The molecule has 0 amide bonds. The van der Waals surface area contributed by atoms with Crippen molar-refractivity contribution in [3.8, 4) is 0 Å². The Morgan fingerprint density at radius 1 is 1.08 bits per heavy atom. The third kappa shape index (κ3) is 63.0. The molecular weight excluding hydrogens is 200 g/mol. The number of halogens is 2. The zero-order chi connectivity index (χ0) is 9.65. The predicted molar refractivity (Wildman–Crippen MR) is 25.6 cm³/mol. The molecule has 10 heteroatoms. The van der Waals surface area contributed by atoms with Gasteiger partial charge in [-0.3, -0.25) is 4.57 Å². The molecule has 0 aliphatic heterocycles. The zero-order valence-corrected chi connectivity index (χ0v) is 6.12. The Kier molecular flexibility index (Phi) is 9.68. The van der Waals surface area contributed by atoms with Crippen molar-refractivity contribution in [3.05, 3.63) is 0 Å². The van der Waals surface area contributed by atoms with Crippen molar-refractivity contribution in [2.75, 3.05) is 0 Å². The molecule has 0 unspecified atom stereocenters. The van der Waals surface area contributed by atoms with Gasteiger partial charge in [-0.2, -0.15) is 8.39 Å². The molecule has 0 aromatic carbocycles. The zero-order valence-electron chi connectivity index (χ0n) is 5.23. The molecule has 0 heterocycles. The van der Waals surface area contributed by atoms with Crippen LogP contribution in [-0.2, 0) is 14.2 Å². The molecule has 0 N–H and O–H groups in total. The molecule has 0 bridgehead atoms. The van der Waals surface area contributed by atoms with Crippen molar-refractivity contribution in [2.24, 2.45) is 0 Å². The molecule has 66 valence electrons. The molecule has 0 atom stereocenters. The van der Waals surface area contributed by atoms with Crippen molar-refractivity contribution >= 4 is 28.3 Å². The van der Waals surface area contributed by atoms with Crippen molar-refractivity contribution in [2.45, 2.75) is 0 Å². The fourth-order valence-electron chi connectivity index (χ4n) is 0. The molecule has 0 rings (SSSR count). The molecule has 0 saturated heterocycles. The minimum absolute atomic E-state index is 0. The third-order valence-corrected chi connectivity index (χ3v) is 0.167. The molecule has 0 saturated carbocycles. The van der Waals surface area contributed by atoms with Gasteiger partial charge < -0.3 is 24.7 Å². The van der Waals surface area contributed by atoms with Crippen LogP contribution in [0.4, 0.5) is 8.39 Å². The summed E-state index contributed by atoms with van der Waals surface area (Å²) in [6.07, 6.45) is 0. The molecule has 0 fully saturated rings. The number of carbonyl (C=O) groups excluding carboxylic acids is 2. The molecule has 0 radical (unpaired) electrons. The van der Waals surface area contributed by atoms with Gasteiger partial charge in [0, 0.05) is 0 Å². The summed E-state index contributed by atoms with van der Waals surface area (Å²) < 4.78 is 28.4. The van der Waals surface area contributed by atoms with Gasteiger partial charge in [0.15, 0.2) is 0 Å². The van der Waals surface area contributed by atoms with Crippen LogP contribution in [0.3, 0.4) is 0 Å². The number of carboxylic acid groups (broad SMARTS) is 2. The van der Waals surface area contributed by atoms with Crippen LogP contribution >= 0.6 is 7.99 Å². The van der Waals surface area contributed by atoms with Crippen LogP contribution in [0, 0.1) is 0 Å². The standard InChI is InChI=1S/C2H2O4.B.F2HO2P/c3-1(4)2(5)6;;1-5(2,3)4/h(H,3,4)(H,5,6);;(H,3,4)/q;+3;/p-3. The first-order valence-electron chi connectivity index (χ1n) is 1.77. The van der Waals surface area contributed by atoms with E-state index in [1.165, 1.54) is 0 Å². The maximum absolute atomic E-state index is 10.0. The van der Waals surface area contributed by atoms with Crippen LogP contribution in [0.2, 0.25) is 0 Å². The minimum Gasteiger partial charge on any atom is -0.749 e. The molecule has 12 heavy (non-hydrogen) atoms. The van der Waals surface area contributed by atoms with E-state index in [4.69, 9.17) is 29.3 Å². The first-order valence-corrected chi connectivity index (χ1v) is 3.18. The van der Waals surface area contributed by atoms with E-state index in [1.807, 2.05) is 0 Å². The summed E-state index contributed by atoms with van der Waals surface area (Å²) >= 11 is 0. The molecular formula is C2BF2O6P. The third-order valence-electron chi connectivity index (χ3n) is 0.167. The fourth-order valence-corrected chi connectivity index (χ4v) is 0. The van der Waals surface area contributed by atoms with Gasteiger partial charge in [0.2, 0.25) is 0 Å². The normalized spacial score (nSPS) is 8.58. The maximum atomic E-state index is 10.0. The largest absolute Gasteiger partial charge is 3.00 e. The molecule has 0 aliphatic carbocycles. The number of hydrogen-bond donors (Lipinski definition) is 0. The summed E-state index contributed by atoms with van der Waals surface area (Å²) in [5.74, 6) is -4.37. The molecule has 0 aromatic heterocycles. The first-order chi connectivity index (χ1) is 4.64. The molecule has 6 nitrogen and oxygen atoms in total. The van der Waals surface area contributed by atoms with Gasteiger partial charge in [-0.25, -0.2) is 0 Å². The minimum atomic E-state index is -5.89. The molecule has 0 aromatic rings. The second-order valence-corrected chi connectivity index (χ2v) is 1.82. The van der Waals surface area contributed by atoms with Gasteiger partial charge >= 0.3 is 16.4 Å². The average molecular weight is 200 g/mol. The summed E-state index contributed by atoms with van der Waals surface area (Å²) in [6, 6.07) is 0. The fraction of sp³-hybridized carbons (Fsp3) is 0.